The Balaban J connectivity index is 1.43. The average molecular weight is 279 g/mol. The third kappa shape index (κ3) is 3.75. The molecule has 0 aromatic heterocycles. The zero-order valence-corrected chi connectivity index (χ0v) is 13.3. The van der Waals surface area contributed by atoms with E-state index in [1.54, 1.807) is 0 Å². The largest absolute Gasteiger partial charge is 0.311 e. The van der Waals surface area contributed by atoms with Crippen LogP contribution in [0.2, 0.25) is 0 Å². The average Bonchev–Trinajstić information content (AvgIpc) is 2.81. The van der Waals surface area contributed by atoms with Crippen LogP contribution in [-0.2, 0) is 0 Å². The highest BCUT2D eigenvalue weighted by Gasteiger charge is 2.32. The molecule has 3 nitrogen and oxygen atoms in total. The first kappa shape index (κ1) is 14.8. The number of rotatable bonds is 4. The molecule has 0 aromatic carbocycles. The second-order valence-electron chi connectivity index (χ2n) is 7.19. The lowest BCUT2D eigenvalue weighted by molar-refractivity contribution is 0.158. The standard InChI is InChI=1S/C17H33N3/c1-2-9-19-10-3-5-15(7-12-19)18-16-8-13-20-11-4-6-17(20)14-16/h15-18H,2-14H2,1H3. The number of likely N-dealkylation sites (tertiary alicyclic amines) is 1. The highest BCUT2D eigenvalue weighted by Crippen LogP contribution is 2.27. The predicted molar refractivity (Wildman–Crippen MR) is 85.1 cm³/mol. The molecular formula is C17H33N3. The first-order valence-electron chi connectivity index (χ1n) is 9.07. The predicted octanol–water partition coefficient (Wildman–Crippen LogP) is 2.47. The molecule has 3 aliphatic heterocycles. The second-order valence-corrected chi connectivity index (χ2v) is 7.19. The number of hydrogen-bond acceptors (Lipinski definition) is 3. The Bertz CT molecular complexity index is 294. The maximum absolute atomic E-state index is 4.02. The monoisotopic (exact) mass is 279 g/mol. The molecule has 0 amide bonds. The van der Waals surface area contributed by atoms with Crippen molar-refractivity contribution in [2.75, 3.05) is 32.7 Å². The van der Waals surface area contributed by atoms with E-state index in [1.807, 2.05) is 0 Å². The van der Waals surface area contributed by atoms with E-state index in [0.717, 1.165) is 18.1 Å². The molecule has 3 aliphatic rings. The highest BCUT2D eigenvalue weighted by atomic mass is 15.2. The lowest BCUT2D eigenvalue weighted by atomic mass is 9.96. The van der Waals surface area contributed by atoms with Gasteiger partial charge < -0.3 is 15.1 Å². The summed E-state index contributed by atoms with van der Waals surface area (Å²) in [4.78, 5) is 5.40. The third-order valence-electron chi connectivity index (χ3n) is 5.65. The van der Waals surface area contributed by atoms with Gasteiger partial charge in [0.1, 0.15) is 0 Å². The lowest BCUT2D eigenvalue weighted by Crippen LogP contribution is -2.48. The van der Waals surface area contributed by atoms with Crippen molar-refractivity contribution in [2.24, 2.45) is 0 Å². The van der Waals surface area contributed by atoms with Crippen LogP contribution in [0.3, 0.4) is 0 Å². The van der Waals surface area contributed by atoms with Crippen LogP contribution in [0.4, 0.5) is 0 Å². The van der Waals surface area contributed by atoms with Crippen LogP contribution < -0.4 is 5.32 Å². The molecule has 20 heavy (non-hydrogen) atoms. The van der Waals surface area contributed by atoms with Crippen LogP contribution in [0.15, 0.2) is 0 Å². The summed E-state index contributed by atoms with van der Waals surface area (Å²) in [6, 6.07) is 2.50. The summed E-state index contributed by atoms with van der Waals surface area (Å²) >= 11 is 0. The first-order valence-corrected chi connectivity index (χ1v) is 9.07. The van der Waals surface area contributed by atoms with Gasteiger partial charge >= 0.3 is 0 Å². The van der Waals surface area contributed by atoms with Gasteiger partial charge in [0.05, 0.1) is 0 Å². The molecule has 3 saturated heterocycles. The minimum Gasteiger partial charge on any atom is -0.311 e. The fourth-order valence-electron chi connectivity index (χ4n) is 4.57. The minimum atomic E-state index is 0.787. The summed E-state index contributed by atoms with van der Waals surface area (Å²) in [7, 11) is 0. The van der Waals surface area contributed by atoms with Gasteiger partial charge in [0.2, 0.25) is 0 Å². The van der Waals surface area contributed by atoms with E-state index in [4.69, 9.17) is 0 Å². The molecule has 0 saturated carbocycles. The number of piperidine rings is 1. The van der Waals surface area contributed by atoms with Crippen molar-refractivity contribution in [1.82, 2.24) is 15.1 Å². The maximum Gasteiger partial charge on any atom is 0.0111 e. The minimum absolute atomic E-state index is 0.787. The normalized spacial score (nSPS) is 36.8. The number of fused-ring (bicyclic) bond motifs is 1. The van der Waals surface area contributed by atoms with E-state index in [1.165, 1.54) is 84.1 Å². The van der Waals surface area contributed by atoms with Crippen LogP contribution in [0.5, 0.6) is 0 Å². The smallest absolute Gasteiger partial charge is 0.0111 e. The summed E-state index contributed by atoms with van der Waals surface area (Å²) in [6.07, 6.45) is 11.1. The SMILES string of the molecule is CCCN1CCCC(NC2CCN3CCCC3C2)CC1. The quantitative estimate of drug-likeness (QED) is 0.853. The van der Waals surface area contributed by atoms with Crippen molar-refractivity contribution in [3.8, 4) is 0 Å². The molecule has 0 bridgehead atoms. The van der Waals surface area contributed by atoms with Crippen molar-refractivity contribution in [3.05, 3.63) is 0 Å². The van der Waals surface area contributed by atoms with Crippen molar-refractivity contribution in [1.29, 1.82) is 0 Å². The van der Waals surface area contributed by atoms with E-state index < -0.39 is 0 Å². The van der Waals surface area contributed by atoms with Crippen molar-refractivity contribution < 1.29 is 0 Å². The van der Waals surface area contributed by atoms with Crippen LogP contribution in [0.1, 0.15) is 58.3 Å². The fourth-order valence-corrected chi connectivity index (χ4v) is 4.57. The zero-order valence-electron chi connectivity index (χ0n) is 13.3. The van der Waals surface area contributed by atoms with Crippen LogP contribution in [0.25, 0.3) is 0 Å². The van der Waals surface area contributed by atoms with Gasteiger partial charge in [-0.2, -0.15) is 0 Å². The van der Waals surface area contributed by atoms with Crippen LogP contribution >= 0.6 is 0 Å². The number of hydrogen-bond donors (Lipinski definition) is 1. The lowest BCUT2D eigenvalue weighted by Gasteiger charge is -2.37. The molecule has 3 unspecified atom stereocenters. The Morgan fingerprint density at radius 3 is 2.65 bits per heavy atom. The fraction of sp³-hybridized carbons (Fsp3) is 1.00. The molecule has 116 valence electrons. The van der Waals surface area contributed by atoms with Crippen molar-refractivity contribution in [3.63, 3.8) is 0 Å². The maximum atomic E-state index is 4.02. The van der Waals surface area contributed by atoms with Gasteiger partial charge in [0.15, 0.2) is 0 Å². The summed E-state index contributed by atoms with van der Waals surface area (Å²) in [5.41, 5.74) is 0. The molecule has 3 fully saturated rings. The van der Waals surface area contributed by atoms with Crippen LogP contribution in [-0.4, -0.2) is 60.6 Å². The van der Waals surface area contributed by atoms with Gasteiger partial charge in [-0.15, -0.1) is 0 Å². The van der Waals surface area contributed by atoms with Gasteiger partial charge in [-0.05, 0) is 84.1 Å². The summed E-state index contributed by atoms with van der Waals surface area (Å²) in [5, 5.41) is 4.02. The summed E-state index contributed by atoms with van der Waals surface area (Å²) in [6.45, 7) is 8.95. The molecule has 3 heteroatoms. The summed E-state index contributed by atoms with van der Waals surface area (Å²) < 4.78 is 0. The Morgan fingerprint density at radius 2 is 1.75 bits per heavy atom. The molecule has 1 N–H and O–H groups in total. The third-order valence-corrected chi connectivity index (χ3v) is 5.65. The van der Waals surface area contributed by atoms with Crippen molar-refractivity contribution >= 4 is 0 Å². The topological polar surface area (TPSA) is 18.5 Å². The van der Waals surface area contributed by atoms with E-state index in [-0.39, 0.29) is 0 Å². The van der Waals surface area contributed by atoms with Gasteiger partial charge in [-0.25, -0.2) is 0 Å². The Hall–Kier alpha value is -0.120. The van der Waals surface area contributed by atoms with Gasteiger partial charge in [-0.1, -0.05) is 6.92 Å². The van der Waals surface area contributed by atoms with E-state index in [2.05, 4.69) is 22.0 Å². The highest BCUT2D eigenvalue weighted by molar-refractivity contribution is 4.90. The Labute approximate surface area is 125 Å². The molecule has 0 radical (unpaired) electrons. The molecule has 3 rings (SSSR count). The van der Waals surface area contributed by atoms with Gasteiger partial charge in [-0.3, -0.25) is 0 Å². The molecule has 0 spiro atoms. The molecule has 0 aliphatic carbocycles. The van der Waals surface area contributed by atoms with Crippen LogP contribution in [0, 0.1) is 0 Å². The zero-order chi connectivity index (χ0) is 13.8. The van der Waals surface area contributed by atoms with Gasteiger partial charge in [0, 0.05) is 18.1 Å². The number of nitrogens with one attached hydrogen (secondary N) is 1. The van der Waals surface area contributed by atoms with E-state index in [9.17, 15) is 0 Å². The first-order chi connectivity index (χ1) is 9.85. The summed E-state index contributed by atoms with van der Waals surface area (Å²) in [5.74, 6) is 0. The molecule has 0 aromatic rings. The molecule has 3 heterocycles. The van der Waals surface area contributed by atoms with E-state index >= 15 is 0 Å². The van der Waals surface area contributed by atoms with Crippen molar-refractivity contribution in [2.45, 2.75) is 76.4 Å². The Kier molecular flexibility index (Phi) is 5.36. The van der Waals surface area contributed by atoms with Gasteiger partial charge in [0.25, 0.3) is 0 Å². The Morgan fingerprint density at radius 1 is 0.900 bits per heavy atom. The second kappa shape index (κ2) is 7.24. The molecule has 3 atom stereocenters. The number of nitrogens with zero attached hydrogens (tertiary/aromatic N) is 2. The molecular weight excluding hydrogens is 246 g/mol. The van der Waals surface area contributed by atoms with E-state index in [0.29, 0.717) is 0 Å².